The van der Waals surface area contributed by atoms with E-state index < -0.39 is 5.54 Å². The molecule has 20 heavy (non-hydrogen) atoms. The normalized spacial score (nSPS) is 30.4. The second kappa shape index (κ2) is 5.93. The van der Waals surface area contributed by atoms with Crippen LogP contribution in [-0.4, -0.2) is 54.7 Å². The lowest BCUT2D eigenvalue weighted by atomic mass is 9.64. The fourth-order valence-corrected chi connectivity index (χ4v) is 2.96. The Bertz CT molecular complexity index is 379. The summed E-state index contributed by atoms with van der Waals surface area (Å²) >= 11 is 0. The number of hydroxylamine groups is 1. The summed E-state index contributed by atoms with van der Waals surface area (Å²) in [6.45, 7) is 10.3. The van der Waals surface area contributed by atoms with Crippen LogP contribution in [0, 0.1) is 5.41 Å². The van der Waals surface area contributed by atoms with Gasteiger partial charge < -0.3 is 9.94 Å². The highest BCUT2D eigenvalue weighted by Gasteiger charge is 2.47. The third kappa shape index (κ3) is 3.67. The van der Waals surface area contributed by atoms with Gasteiger partial charge in [-0.1, -0.05) is 6.58 Å². The highest BCUT2D eigenvalue weighted by molar-refractivity contribution is 5.69. The zero-order valence-electron chi connectivity index (χ0n) is 12.9. The van der Waals surface area contributed by atoms with Crippen molar-refractivity contribution in [2.75, 3.05) is 26.8 Å². The summed E-state index contributed by atoms with van der Waals surface area (Å²) in [6.07, 6.45) is 5.36. The van der Waals surface area contributed by atoms with Gasteiger partial charge in [-0.25, -0.2) is 0 Å². The smallest absolute Gasteiger partial charge is 0.0723 e. The first-order valence-corrected chi connectivity index (χ1v) is 7.28. The van der Waals surface area contributed by atoms with Crippen LogP contribution < -0.4 is 5.48 Å². The predicted molar refractivity (Wildman–Crippen MR) is 80.2 cm³/mol. The van der Waals surface area contributed by atoms with Crippen molar-refractivity contribution in [1.82, 2.24) is 10.4 Å². The van der Waals surface area contributed by atoms with E-state index in [4.69, 9.17) is 9.94 Å². The Labute approximate surface area is 121 Å². The molecule has 2 aliphatic rings. The van der Waals surface area contributed by atoms with Crippen LogP contribution >= 0.6 is 0 Å². The van der Waals surface area contributed by atoms with E-state index in [-0.39, 0.29) is 0 Å². The van der Waals surface area contributed by atoms with Gasteiger partial charge in [0.1, 0.15) is 0 Å². The number of nitrogens with one attached hydrogen (secondary N) is 1. The Balaban J connectivity index is 1.75. The zero-order chi connectivity index (χ0) is 14.8. The third-order valence-corrected chi connectivity index (χ3v) is 4.44. The third-order valence-electron chi connectivity index (χ3n) is 4.44. The summed E-state index contributed by atoms with van der Waals surface area (Å²) in [7, 11) is 2.13. The number of rotatable bonds is 6. The van der Waals surface area contributed by atoms with Crippen LogP contribution in [0.4, 0.5) is 0 Å². The highest BCUT2D eigenvalue weighted by atomic mass is 16.5. The highest BCUT2D eigenvalue weighted by Crippen LogP contribution is 2.49. The molecule has 114 valence electrons. The molecule has 0 unspecified atom stereocenters. The Kier molecular flexibility index (Phi) is 4.64. The van der Waals surface area contributed by atoms with Crippen LogP contribution in [0.1, 0.15) is 33.1 Å². The van der Waals surface area contributed by atoms with Gasteiger partial charge in [-0.3, -0.25) is 9.89 Å². The van der Waals surface area contributed by atoms with Crippen LogP contribution in [0.3, 0.4) is 0 Å². The second-order valence-electron chi connectivity index (χ2n) is 6.94. The molecule has 0 aromatic carbocycles. The number of aliphatic imine (C=N–C) groups is 1. The van der Waals surface area contributed by atoms with E-state index in [0.717, 1.165) is 25.5 Å². The maximum Gasteiger partial charge on any atom is 0.0723 e. The van der Waals surface area contributed by atoms with Gasteiger partial charge >= 0.3 is 0 Å². The molecule has 1 saturated heterocycles. The number of nitrogens with zero attached hydrogens (tertiary/aromatic N) is 2. The van der Waals surface area contributed by atoms with Crippen molar-refractivity contribution in [1.29, 1.82) is 0 Å². The van der Waals surface area contributed by atoms with Crippen molar-refractivity contribution in [3.05, 3.63) is 12.3 Å². The van der Waals surface area contributed by atoms with Crippen LogP contribution in [0.5, 0.6) is 0 Å². The first kappa shape index (κ1) is 15.6. The van der Waals surface area contributed by atoms with Crippen molar-refractivity contribution in [2.24, 2.45) is 10.4 Å². The standard InChI is InChI=1S/C15H27N3O2/c1-12(16-10-14(2,3)17-19)9-18(4)13-7-15(8-13)5-6-20-11-15/h10,13,17,19H,1,5-9,11H2,2-4H3/b16-10-/t13-,15-. The fraction of sp³-hybridized carbons (Fsp3) is 0.800. The maximum absolute atomic E-state index is 8.95. The molecule has 1 aliphatic heterocycles. The molecule has 5 heteroatoms. The van der Waals surface area contributed by atoms with E-state index in [1.54, 1.807) is 6.21 Å². The molecular formula is C15H27N3O2. The predicted octanol–water partition coefficient (Wildman–Crippen LogP) is 1.83. The zero-order valence-corrected chi connectivity index (χ0v) is 12.9. The summed E-state index contributed by atoms with van der Waals surface area (Å²) < 4.78 is 5.51. The average molecular weight is 281 g/mol. The number of hydrogen-bond acceptors (Lipinski definition) is 5. The fourth-order valence-electron chi connectivity index (χ4n) is 2.96. The molecule has 1 heterocycles. The lowest BCUT2D eigenvalue weighted by molar-refractivity contribution is 0.00854. The summed E-state index contributed by atoms with van der Waals surface area (Å²) in [6, 6.07) is 0.618. The minimum atomic E-state index is -0.525. The van der Waals surface area contributed by atoms with Crippen LogP contribution in [0.15, 0.2) is 17.3 Å². The van der Waals surface area contributed by atoms with Crippen LogP contribution in [0.25, 0.3) is 0 Å². The Morgan fingerprint density at radius 1 is 1.60 bits per heavy atom. The van der Waals surface area contributed by atoms with Crippen molar-refractivity contribution in [3.63, 3.8) is 0 Å². The Hall–Kier alpha value is -0.750. The lowest BCUT2D eigenvalue weighted by Gasteiger charge is -2.48. The SMILES string of the molecule is C=C(CN(C)[C@H]1C[C@@]2(CCOC2)C1)/N=C\C(C)(C)NO. The van der Waals surface area contributed by atoms with Crippen LogP contribution in [-0.2, 0) is 4.74 Å². The molecule has 0 radical (unpaired) electrons. The molecule has 2 fully saturated rings. The second-order valence-corrected chi connectivity index (χ2v) is 6.94. The molecule has 2 rings (SSSR count). The summed E-state index contributed by atoms with van der Waals surface area (Å²) in [4.78, 5) is 6.65. The van der Waals surface area contributed by atoms with Gasteiger partial charge in [0.15, 0.2) is 0 Å². The van der Waals surface area contributed by atoms with E-state index >= 15 is 0 Å². The van der Waals surface area contributed by atoms with Crippen molar-refractivity contribution >= 4 is 6.21 Å². The van der Waals surface area contributed by atoms with Gasteiger partial charge in [0, 0.05) is 31.1 Å². The van der Waals surface area contributed by atoms with E-state index in [1.165, 1.54) is 19.3 Å². The topological polar surface area (TPSA) is 57.1 Å². The van der Waals surface area contributed by atoms with E-state index in [0.29, 0.717) is 11.5 Å². The first-order valence-electron chi connectivity index (χ1n) is 7.28. The van der Waals surface area contributed by atoms with Gasteiger partial charge in [-0.05, 0) is 45.6 Å². The minimum absolute atomic E-state index is 0.465. The Morgan fingerprint density at radius 2 is 2.30 bits per heavy atom. The lowest BCUT2D eigenvalue weighted by Crippen LogP contribution is -2.50. The number of hydrogen-bond donors (Lipinski definition) is 2. The van der Waals surface area contributed by atoms with Crippen molar-refractivity contribution in [2.45, 2.75) is 44.7 Å². The first-order chi connectivity index (χ1) is 9.36. The van der Waals surface area contributed by atoms with Gasteiger partial charge in [-0.2, -0.15) is 5.48 Å². The summed E-state index contributed by atoms with van der Waals surface area (Å²) in [5.74, 6) is 0. The summed E-state index contributed by atoms with van der Waals surface area (Å²) in [5.41, 5.74) is 2.97. The van der Waals surface area contributed by atoms with E-state index in [9.17, 15) is 0 Å². The van der Waals surface area contributed by atoms with Gasteiger partial charge in [0.05, 0.1) is 12.1 Å². The molecule has 0 atom stereocenters. The maximum atomic E-state index is 8.95. The molecule has 0 aromatic rings. The number of ether oxygens (including phenoxy) is 1. The van der Waals surface area contributed by atoms with Gasteiger partial charge in [-0.15, -0.1) is 0 Å². The van der Waals surface area contributed by atoms with E-state index in [2.05, 4.69) is 29.0 Å². The van der Waals surface area contributed by atoms with Crippen LogP contribution in [0.2, 0.25) is 0 Å². The Morgan fingerprint density at radius 3 is 2.85 bits per heavy atom. The van der Waals surface area contributed by atoms with Gasteiger partial charge in [0.2, 0.25) is 0 Å². The molecule has 0 bridgehead atoms. The van der Waals surface area contributed by atoms with Crippen molar-refractivity contribution in [3.8, 4) is 0 Å². The number of likely N-dealkylation sites (N-methyl/N-ethyl adjacent to an activating group) is 1. The molecule has 1 spiro atoms. The molecule has 0 amide bonds. The van der Waals surface area contributed by atoms with Crippen molar-refractivity contribution < 1.29 is 9.94 Å². The van der Waals surface area contributed by atoms with Gasteiger partial charge in [0.25, 0.3) is 0 Å². The molecule has 2 N–H and O–H groups in total. The largest absolute Gasteiger partial charge is 0.381 e. The van der Waals surface area contributed by atoms with E-state index in [1.807, 2.05) is 13.8 Å². The minimum Gasteiger partial charge on any atom is -0.381 e. The monoisotopic (exact) mass is 281 g/mol. The average Bonchev–Trinajstić information content (AvgIpc) is 2.84. The molecular weight excluding hydrogens is 254 g/mol. The molecule has 5 nitrogen and oxygen atoms in total. The quantitative estimate of drug-likeness (QED) is 0.576. The molecule has 0 aromatic heterocycles. The molecule has 1 saturated carbocycles. The summed E-state index contributed by atoms with van der Waals surface area (Å²) in [5, 5.41) is 8.95. The molecule has 1 aliphatic carbocycles.